The number of hydrogen-bond donors (Lipinski definition) is 2. The average molecular weight is 262 g/mol. The second-order valence-electron chi connectivity index (χ2n) is 4.85. The molecule has 0 aromatic heterocycles. The van der Waals surface area contributed by atoms with Crippen molar-refractivity contribution in [3.63, 3.8) is 0 Å². The fraction of sp³-hybridized carbons (Fsp3) is 0.562. The van der Waals surface area contributed by atoms with E-state index >= 15 is 0 Å². The molecule has 0 fully saturated rings. The predicted octanol–water partition coefficient (Wildman–Crippen LogP) is 2.86. The van der Waals surface area contributed by atoms with Crippen molar-refractivity contribution in [1.82, 2.24) is 10.6 Å². The third-order valence-corrected chi connectivity index (χ3v) is 3.08. The first-order valence-corrected chi connectivity index (χ1v) is 7.34. The molecule has 3 nitrogen and oxygen atoms in total. The molecule has 0 radical (unpaired) electrons. The number of unbranched alkanes of at least 4 members (excludes halogenated alkanes) is 4. The van der Waals surface area contributed by atoms with Crippen molar-refractivity contribution in [2.45, 2.75) is 45.6 Å². The van der Waals surface area contributed by atoms with E-state index in [-0.39, 0.29) is 5.91 Å². The molecule has 1 amide bonds. The van der Waals surface area contributed by atoms with Gasteiger partial charge in [-0.2, -0.15) is 0 Å². The van der Waals surface area contributed by atoms with Gasteiger partial charge >= 0.3 is 0 Å². The van der Waals surface area contributed by atoms with Crippen LogP contribution in [-0.4, -0.2) is 19.0 Å². The smallest absolute Gasteiger partial charge is 0.234 e. The molecule has 2 N–H and O–H groups in total. The molecule has 0 aliphatic carbocycles. The van der Waals surface area contributed by atoms with Crippen LogP contribution in [0.4, 0.5) is 0 Å². The quantitative estimate of drug-likeness (QED) is 0.637. The molecular weight excluding hydrogens is 236 g/mol. The molecule has 0 atom stereocenters. The summed E-state index contributed by atoms with van der Waals surface area (Å²) in [5, 5.41) is 6.10. The molecule has 0 spiro atoms. The van der Waals surface area contributed by atoms with Crippen molar-refractivity contribution >= 4 is 5.91 Å². The molecule has 3 heteroatoms. The van der Waals surface area contributed by atoms with E-state index in [1.165, 1.54) is 25.7 Å². The van der Waals surface area contributed by atoms with Crippen LogP contribution in [0.15, 0.2) is 30.3 Å². The summed E-state index contributed by atoms with van der Waals surface area (Å²) in [7, 11) is 0. The zero-order valence-electron chi connectivity index (χ0n) is 12.0. The van der Waals surface area contributed by atoms with Crippen LogP contribution in [0.1, 0.15) is 44.6 Å². The first-order valence-electron chi connectivity index (χ1n) is 7.34. The zero-order chi connectivity index (χ0) is 13.8. The van der Waals surface area contributed by atoms with Gasteiger partial charge in [0.2, 0.25) is 5.91 Å². The highest BCUT2D eigenvalue weighted by Gasteiger charge is 1.99. The third kappa shape index (κ3) is 8.38. The van der Waals surface area contributed by atoms with E-state index in [0.717, 1.165) is 18.5 Å². The van der Waals surface area contributed by atoms with Crippen LogP contribution >= 0.6 is 0 Å². The second-order valence-corrected chi connectivity index (χ2v) is 4.85. The largest absolute Gasteiger partial charge is 0.351 e. The van der Waals surface area contributed by atoms with Crippen LogP contribution in [0.3, 0.4) is 0 Å². The van der Waals surface area contributed by atoms with Crippen LogP contribution in [0, 0.1) is 0 Å². The standard InChI is InChI=1S/C16H26N2O/c1-2-3-4-5-9-12-17-14-16(19)18-13-15-10-7-6-8-11-15/h6-8,10-11,17H,2-5,9,12-14H2,1H3,(H,18,19). The number of amides is 1. The number of nitrogens with one attached hydrogen (secondary N) is 2. The summed E-state index contributed by atoms with van der Waals surface area (Å²) in [5.41, 5.74) is 1.13. The summed E-state index contributed by atoms with van der Waals surface area (Å²) in [6.07, 6.45) is 6.31. The highest BCUT2D eigenvalue weighted by molar-refractivity contribution is 5.77. The van der Waals surface area contributed by atoms with Crippen LogP contribution in [-0.2, 0) is 11.3 Å². The maximum Gasteiger partial charge on any atom is 0.234 e. The summed E-state index contributed by atoms with van der Waals surface area (Å²) in [6, 6.07) is 9.97. The summed E-state index contributed by atoms with van der Waals surface area (Å²) in [4.78, 5) is 11.6. The lowest BCUT2D eigenvalue weighted by Crippen LogP contribution is -2.33. The van der Waals surface area contributed by atoms with Gasteiger partial charge in [-0.05, 0) is 18.5 Å². The Labute approximate surface area is 116 Å². The van der Waals surface area contributed by atoms with E-state index in [0.29, 0.717) is 13.1 Å². The highest BCUT2D eigenvalue weighted by atomic mass is 16.1. The van der Waals surface area contributed by atoms with Gasteiger partial charge in [0.25, 0.3) is 0 Å². The van der Waals surface area contributed by atoms with E-state index in [9.17, 15) is 4.79 Å². The highest BCUT2D eigenvalue weighted by Crippen LogP contribution is 2.01. The number of hydrogen-bond acceptors (Lipinski definition) is 2. The van der Waals surface area contributed by atoms with Gasteiger partial charge in [-0.25, -0.2) is 0 Å². The van der Waals surface area contributed by atoms with Crippen molar-refractivity contribution in [3.05, 3.63) is 35.9 Å². The Morgan fingerprint density at radius 3 is 2.53 bits per heavy atom. The maximum atomic E-state index is 11.6. The maximum absolute atomic E-state index is 11.6. The van der Waals surface area contributed by atoms with E-state index in [4.69, 9.17) is 0 Å². The van der Waals surface area contributed by atoms with Gasteiger partial charge in [-0.15, -0.1) is 0 Å². The normalized spacial score (nSPS) is 10.4. The Morgan fingerprint density at radius 2 is 1.79 bits per heavy atom. The lowest BCUT2D eigenvalue weighted by atomic mass is 10.1. The lowest BCUT2D eigenvalue weighted by molar-refractivity contribution is -0.120. The van der Waals surface area contributed by atoms with Gasteiger partial charge in [0.05, 0.1) is 6.54 Å². The topological polar surface area (TPSA) is 41.1 Å². The minimum Gasteiger partial charge on any atom is -0.351 e. The van der Waals surface area contributed by atoms with E-state index < -0.39 is 0 Å². The van der Waals surface area contributed by atoms with E-state index in [1.807, 2.05) is 30.3 Å². The summed E-state index contributed by atoms with van der Waals surface area (Å²) >= 11 is 0. The van der Waals surface area contributed by atoms with Crippen LogP contribution < -0.4 is 10.6 Å². The number of carbonyl (C=O) groups is 1. The number of carbonyl (C=O) groups excluding carboxylic acids is 1. The fourth-order valence-electron chi connectivity index (χ4n) is 1.91. The second kappa shape index (κ2) is 10.6. The minimum atomic E-state index is 0.0670. The molecule has 1 rings (SSSR count). The fourth-order valence-corrected chi connectivity index (χ4v) is 1.91. The molecule has 0 bridgehead atoms. The Balaban J connectivity index is 1.96. The van der Waals surface area contributed by atoms with Crippen LogP contribution in [0.25, 0.3) is 0 Å². The molecule has 106 valence electrons. The molecule has 0 heterocycles. The minimum absolute atomic E-state index is 0.0670. The van der Waals surface area contributed by atoms with Gasteiger partial charge < -0.3 is 10.6 Å². The SMILES string of the molecule is CCCCCCCNCC(=O)NCc1ccccc1. The van der Waals surface area contributed by atoms with Crippen molar-refractivity contribution in [1.29, 1.82) is 0 Å². The molecule has 0 unspecified atom stereocenters. The van der Waals surface area contributed by atoms with Gasteiger partial charge in [-0.3, -0.25) is 4.79 Å². The van der Waals surface area contributed by atoms with E-state index in [1.54, 1.807) is 0 Å². The van der Waals surface area contributed by atoms with Gasteiger partial charge in [0.15, 0.2) is 0 Å². The zero-order valence-corrected chi connectivity index (χ0v) is 12.0. The first kappa shape index (κ1) is 15.7. The van der Waals surface area contributed by atoms with Crippen molar-refractivity contribution in [2.75, 3.05) is 13.1 Å². The summed E-state index contributed by atoms with van der Waals surface area (Å²) < 4.78 is 0. The van der Waals surface area contributed by atoms with Crippen molar-refractivity contribution < 1.29 is 4.79 Å². The summed E-state index contributed by atoms with van der Waals surface area (Å²) in [5.74, 6) is 0.0670. The molecular formula is C16H26N2O. The van der Waals surface area contributed by atoms with Crippen molar-refractivity contribution in [2.24, 2.45) is 0 Å². The lowest BCUT2D eigenvalue weighted by Gasteiger charge is -2.06. The van der Waals surface area contributed by atoms with Crippen molar-refractivity contribution in [3.8, 4) is 0 Å². The molecule has 0 aliphatic rings. The molecule has 0 saturated carbocycles. The predicted molar refractivity (Wildman–Crippen MR) is 79.9 cm³/mol. The summed E-state index contributed by atoms with van der Waals surface area (Å²) in [6.45, 7) is 4.18. The van der Waals surface area contributed by atoms with E-state index in [2.05, 4.69) is 17.6 Å². The molecule has 1 aromatic rings. The Kier molecular flexibility index (Phi) is 8.73. The Morgan fingerprint density at radius 1 is 1.05 bits per heavy atom. The van der Waals surface area contributed by atoms with Gasteiger partial charge in [0, 0.05) is 6.54 Å². The first-order chi connectivity index (χ1) is 9.33. The van der Waals surface area contributed by atoms with Crippen LogP contribution in [0.5, 0.6) is 0 Å². The Hall–Kier alpha value is -1.35. The molecule has 19 heavy (non-hydrogen) atoms. The average Bonchev–Trinajstić information content (AvgIpc) is 2.45. The van der Waals surface area contributed by atoms with Gasteiger partial charge in [0.1, 0.15) is 0 Å². The molecule has 0 aliphatic heterocycles. The van der Waals surface area contributed by atoms with Crippen LogP contribution in [0.2, 0.25) is 0 Å². The monoisotopic (exact) mass is 262 g/mol. The number of rotatable bonds is 10. The Bertz CT molecular complexity index is 338. The molecule has 1 aromatic carbocycles. The third-order valence-electron chi connectivity index (χ3n) is 3.08. The number of benzene rings is 1. The van der Waals surface area contributed by atoms with Gasteiger partial charge in [-0.1, -0.05) is 62.9 Å². The molecule has 0 saturated heterocycles.